The molecule has 1 saturated heterocycles. The quantitative estimate of drug-likeness (QED) is 0.717. The van der Waals surface area contributed by atoms with Crippen molar-refractivity contribution in [3.8, 4) is 11.5 Å². The number of amides is 1. The summed E-state index contributed by atoms with van der Waals surface area (Å²) < 4.78 is 11.2. The van der Waals surface area contributed by atoms with Crippen LogP contribution in [-0.2, 0) is 6.54 Å². The van der Waals surface area contributed by atoms with Crippen LogP contribution in [0.4, 0.5) is 5.69 Å². The van der Waals surface area contributed by atoms with Crippen LogP contribution in [0.5, 0.6) is 11.5 Å². The fourth-order valence-electron chi connectivity index (χ4n) is 4.21. The first-order valence-electron chi connectivity index (χ1n) is 11.4. The molecule has 2 aromatic rings. The molecule has 2 aromatic carbocycles. The van der Waals surface area contributed by atoms with E-state index in [1.165, 1.54) is 5.56 Å². The number of hydrogen-bond acceptors (Lipinski definition) is 6. The second-order valence-electron chi connectivity index (χ2n) is 8.72. The molecule has 7 nitrogen and oxygen atoms in total. The summed E-state index contributed by atoms with van der Waals surface area (Å²) >= 11 is 0. The van der Waals surface area contributed by atoms with Gasteiger partial charge in [-0.05, 0) is 49.9 Å². The van der Waals surface area contributed by atoms with E-state index in [4.69, 9.17) is 9.47 Å². The molecule has 1 amide bonds. The molecule has 32 heavy (non-hydrogen) atoms. The molecule has 172 valence electrons. The highest BCUT2D eigenvalue weighted by atomic mass is 16.5. The first-order valence-corrected chi connectivity index (χ1v) is 11.4. The molecule has 0 bridgehead atoms. The Hall–Kier alpha value is -2.77. The minimum Gasteiger partial charge on any atom is -0.497 e. The van der Waals surface area contributed by atoms with Gasteiger partial charge in [-0.2, -0.15) is 0 Å². The Kier molecular flexibility index (Phi) is 7.17. The van der Waals surface area contributed by atoms with E-state index in [0.29, 0.717) is 18.7 Å². The molecule has 2 aliphatic rings. The molecule has 7 heteroatoms. The molecule has 1 atom stereocenters. The molecular formula is C25H34N4O3. The first kappa shape index (κ1) is 22.4. The highest BCUT2D eigenvalue weighted by Gasteiger charge is 2.26. The van der Waals surface area contributed by atoms with E-state index in [-0.39, 0.29) is 11.9 Å². The lowest BCUT2D eigenvalue weighted by atomic mass is 10.1. The molecule has 1 fully saturated rings. The molecule has 2 heterocycles. The zero-order valence-electron chi connectivity index (χ0n) is 19.3. The number of likely N-dealkylation sites (N-methyl/N-ethyl adjacent to an activating group) is 1. The summed E-state index contributed by atoms with van der Waals surface area (Å²) in [4.78, 5) is 19.9. The van der Waals surface area contributed by atoms with Gasteiger partial charge in [-0.1, -0.05) is 12.1 Å². The van der Waals surface area contributed by atoms with Crippen LogP contribution in [0, 0.1) is 0 Å². The Balaban J connectivity index is 1.41. The summed E-state index contributed by atoms with van der Waals surface area (Å²) in [6, 6.07) is 14.0. The van der Waals surface area contributed by atoms with Crippen LogP contribution < -0.4 is 19.7 Å². The number of ether oxygens (including phenoxy) is 2. The minimum atomic E-state index is -0.0375. The van der Waals surface area contributed by atoms with Crippen LogP contribution in [-0.4, -0.2) is 81.8 Å². The van der Waals surface area contributed by atoms with Crippen molar-refractivity contribution in [1.29, 1.82) is 0 Å². The van der Waals surface area contributed by atoms with E-state index in [0.717, 1.165) is 56.5 Å². The van der Waals surface area contributed by atoms with Gasteiger partial charge in [0.05, 0.1) is 18.8 Å². The Labute approximate surface area is 190 Å². The second-order valence-corrected chi connectivity index (χ2v) is 8.72. The van der Waals surface area contributed by atoms with E-state index >= 15 is 0 Å². The highest BCUT2D eigenvalue weighted by molar-refractivity contribution is 5.95. The van der Waals surface area contributed by atoms with Gasteiger partial charge in [-0.15, -0.1) is 0 Å². The zero-order valence-corrected chi connectivity index (χ0v) is 19.3. The lowest BCUT2D eigenvalue weighted by Gasteiger charge is -2.37. The van der Waals surface area contributed by atoms with E-state index in [2.05, 4.69) is 46.1 Å². The van der Waals surface area contributed by atoms with Gasteiger partial charge in [0.25, 0.3) is 5.91 Å². The maximum Gasteiger partial charge on any atom is 0.251 e. The smallest absolute Gasteiger partial charge is 0.251 e. The van der Waals surface area contributed by atoms with Gasteiger partial charge < -0.3 is 24.6 Å². The van der Waals surface area contributed by atoms with Gasteiger partial charge in [-0.3, -0.25) is 9.69 Å². The van der Waals surface area contributed by atoms with Gasteiger partial charge in [0.2, 0.25) is 0 Å². The molecule has 1 N–H and O–H groups in total. The molecule has 0 aliphatic carbocycles. The summed E-state index contributed by atoms with van der Waals surface area (Å²) in [6.07, 6.45) is 0. The normalized spacial score (nSPS) is 19.2. The molecule has 0 radical (unpaired) electrons. The van der Waals surface area contributed by atoms with E-state index in [1.807, 2.05) is 30.3 Å². The number of carbonyl (C=O) groups excluding carboxylic acids is 1. The van der Waals surface area contributed by atoms with E-state index in [9.17, 15) is 4.79 Å². The number of piperazine rings is 1. The van der Waals surface area contributed by atoms with Crippen LogP contribution in [0.3, 0.4) is 0 Å². The van der Waals surface area contributed by atoms with Gasteiger partial charge in [-0.25, -0.2) is 0 Å². The van der Waals surface area contributed by atoms with Gasteiger partial charge in [0.1, 0.15) is 18.1 Å². The number of nitrogens with zero attached hydrogens (tertiary/aromatic N) is 3. The maximum absolute atomic E-state index is 12.8. The van der Waals surface area contributed by atoms with Crippen molar-refractivity contribution in [2.45, 2.75) is 19.5 Å². The summed E-state index contributed by atoms with van der Waals surface area (Å²) in [6.45, 7) is 9.34. The molecule has 4 rings (SSSR count). The number of fused-ring (bicyclic) bond motifs is 1. The molecule has 0 unspecified atom stereocenters. The second kappa shape index (κ2) is 10.2. The number of hydrogen-bond donors (Lipinski definition) is 1. The molecule has 0 saturated carbocycles. The SMILES string of the molecule is COc1ccc(CN2c3cc(C(=O)NCCN4CCN(C)CC4)ccc3OC[C@@H]2C)cc1. The summed E-state index contributed by atoms with van der Waals surface area (Å²) in [7, 11) is 3.82. The molecule has 2 aliphatic heterocycles. The van der Waals surface area contributed by atoms with Crippen molar-refractivity contribution in [2.24, 2.45) is 0 Å². The third-order valence-electron chi connectivity index (χ3n) is 6.36. The van der Waals surface area contributed by atoms with Crippen LogP contribution in [0.15, 0.2) is 42.5 Å². The van der Waals surface area contributed by atoms with Crippen molar-refractivity contribution in [1.82, 2.24) is 15.1 Å². The monoisotopic (exact) mass is 438 g/mol. The van der Waals surface area contributed by atoms with Crippen molar-refractivity contribution >= 4 is 11.6 Å². The predicted molar refractivity (Wildman–Crippen MR) is 127 cm³/mol. The molecule has 0 spiro atoms. The maximum atomic E-state index is 12.8. The Morgan fingerprint density at radius 2 is 1.88 bits per heavy atom. The summed E-state index contributed by atoms with van der Waals surface area (Å²) in [5.74, 6) is 1.63. The standard InChI is InChI=1S/C25H34N4O3/c1-19-18-32-24-9-6-21(25(30)26-10-11-28-14-12-27(2)13-15-28)16-23(24)29(19)17-20-4-7-22(31-3)8-5-20/h4-9,16,19H,10-15,17-18H2,1-3H3,(H,26,30)/t19-/m0/s1. The average Bonchev–Trinajstić information content (AvgIpc) is 2.82. The summed E-state index contributed by atoms with van der Waals surface area (Å²) in [5.41, 5.74) is 2.82. The lowest BCUT2D eigenvalue weighted by Crippen LogP contribution is -2.46. The van der Waals surface area contributed by atoms with Crippen molar-refractivity contribution < 1.29 is 14.3 Å². The third kappa shape index (κ3) is 5.34. The Morgan fingerprint density at radius 1 is 1.12 bits per heavy atom. The van der Waals surface area contributed by atoms with Crippen molar-refractivity contribution in [3.63, 3.8) is 0 Å². The average molecular weight is 439 g/mol. The van der Waals surface area contributed by atoms with Crippen molar-refractivity contribution in [3.05, 3.63) is 53.6 Å². The lowest BCUT2D eigenvalue weighted by molar-refractivity contribution is 0.0941. The largest absolute Gasteiger partial charge is 0.497 e. The summed E-state index contributed by atoms with van der Waals surface area (Å²) in [5, 5.41) is 3.09. The highest BCUT2D eigenvalue weighted by Crippen LogP contribution is 2.36. The molecular weight excluding hydrogens is 404 g/mol. The van der Waals surface area contributed by atoms with Crippen LogP contribution in [0.25, 0.3) is 0 Å². The third-order valence-corrected chi connectivity index (χ3v) is 6.36. The number of benzene rings is 2. The molecule has 0 aromatic heterocycles. The van der Waals surface area contributed by atoms with E-state index < -0.39 is 0 Å². The number of carbonyl (C=O) groups is 1. The topological polar surface area (TPSA) is 57.3 Å². The zero-order chi connectivity index (χ0) is 22.5. The van der Waals surface area contributed by atoms with Gasteiger partial charge in [0, 0.05) is 51.4 Å². The number of anilines is 1. The fraction of sp³-hybridized carbons (Fsp3) is 0.480. The first-order chi connectivity index (χ1) is 15.5. The van der Waals surface area contributed by atoms with Gasteiger partial charge >= 0.3 is 0 Å². The number of methoxy groups -OCH3 is 1. The number of nitrogens with one attached hydrogen (secondary N) is 1. The predicted octanol–water partition coefficient (Wildman–Crippen LogP) is 2.46. The Morgan fingerprint density at radius 3 is 2.59 bits per heavy atom. The van der Waals surface area contributed by atoms with Gasteiger partial charge in [0.15, 0.2) is 0 Å². The fourth-order valence-corrected chi connectivity index (χ4v) is 4.21. The number of rotatable bonds is 7. The van der Waals surface area contributed by atoms with E-state index in [1.54, 1.807) is 7.11 Å². The van der Waals surface area contributed by atoms with Crippen LogP contribution in [0.1, 0.15) is 22.8 Å². The Bertz CT molecular complexity index is 910. The van der Waals surface area contributed by atoms with Crippen molar-refractivity contribution in [2.75, 3.05) is 64.9 Å². The minimum absolute atomic E-state index is 0.0375. The van der Waals surface area contributed by atoms with Crippen LogP contribution in [0.2, 0.25) is 0 Å². The van der Waals surface area contributed by atoms with Crippen LogP contribution >= 0.6 is 0 Å².